The molecule has 2 rings (SSSR count). The van der Waals surface area contributed by atoms with Gasteiger partial charge in [-0.3, -0.25) is 0 Å². The number of hydrogen-bond donors (Lipinski definition) is 0. The number of esters is 2. The lowest BCUT2D eigenvalue weighted by Gasteiger charge is -2.28. The van der Waals surface area contributed by atoms with Crippen molar-refractivity contribution in [3.63, 3.8) is 0 Å². The van der Waals surface area contributed by atoms with Crippen LogP contribution in [0.2, 0.25) is 0 Å². The molecular weight excluding hydrogens is 282 g/mol. The van der Waals surface area contributed by atoms with Crippen molar-refractivity contribution in [2.45, 2.75) is 6.04 Å². The minimum Gasteiger partial charge on any atom is -0.466 e. The maximum absolute atomic E-state index is 11.3. The number of hydrogen-bond acceptors (Lipinski definition) is 5. The van der Waals surface area contributed by atoms with E-state index in [-0.39, 0.29) is 6.04 Å². The highest BCUT2D eigenvalue weighted by atomic mass is 16.5. The zero-order chi connectivity index (χ0) is 15.9. The van der Waals surface area contributed by atoms with Crippen molar-refractivity contribution in [2.24, 2.45) is 0 Å². The summed E-state index contributed by atoms with van der Waals surface area (Å²) < 4.78 is 9.11. The Kier molecular flexibility index (Phi) is 4.99. The molecule has 0 radical (unpaired) electrons. The predicted molar refractivity (Wildman–Crippen MR) is 81.0 cm³/mol. The van der Waals surface area contributed by atoms with Gasteiger partial charge in [-0.1, -0.05) is 30.2 Å². The molecule has 0 fully saturated rings. The number of carbonyl (C=O) groups excluding carboxylic acids is 2. The molecule has 1 atom stereocenters. The fraction of sp³-hybridized carbons (Fsp3) is 0.176. The first kappa shape index (κ1) is 15.4. The summed E-state index contributed by atoms with van der Waals surface area (Å²) in [6, 6.07) is 7.32. The lowest BCUT2D eigenvalue weighted by atomic mass is 9.97. The number of carbonyl (C=O) groups is 2. The molecule has 5 heteroatoms. The van der Waals surface area contributed by atoms with Crippen LogP contribution in [0.15, 0.2) is 42.7 Å². The molecule has 0 saturated heterocycles. The third-order valence-electron chi connectivity index (χ3n) is 3.10. The molecule has 0 aromatic heterocycles. The van der Waals surface area contributed by atoms with Crippen molar-refractivity contribution in [1.29, 1.82) is 0 Å². The van der Waals surface area contributed by atoms with Crippen LogP contribution in [0.4, 0.5) is 0 Å². The van der Waals surface area contributed by atoms with E-state index in [1.165, 1.54) is 20.3 Å². The summed E-state index contributed by atoms with van der Waals surface area (Å²) in [4.78, 5) is 24.2. The molecule has 0 amide bonds. The maximum Gasteiger partial charge on any atom is 0.384 e. The minimum absolute atomic E-state index is 0.388. The zero-order valence-electron chi connectivity index (χ0n) is 12.3. The summed E-state index contributed by atoms with van der Waals surface area (Å²) >= 11 is 0. The summed E-state index contributed by atoms with van der Waals surface area (Å²) in [6.07, 6.45) is 6.56. The predicted octanol–water partition coefficient (Wildman–Crippen LogP) is 1.88. The van der Waals surface area contributed by atoms with Gasteiger partial charge >= 0.3 is 11.9 Å². The lowest BCUT2D eigenvalue weighted by Crippen LogP contribution is -2.21. The number of fused-ring (bicyclic) bond motifs is 1. The third kappa shape index (κ3) is 3.55. The molecule has 112 valence electrons. The number of rotatable bonds is 2. The molecule has 1 heterocycles. The Balaban J connectivity index is 2.36. The summed E-state index contributed by atoms with van der Waals surface area (Å²) in [5.41, 5.74) is 1.95. The number of benzene rings is 1. The molecule has 0 bridgehead atoms. The second-order valence-electron chi connectivity index (χ2n) is 4.39. The smallest absolute Gasteiger partial charge is 0.384 e. The summed E-state index contributed by atoms with van der Waals surface area (Å²) in [5, 5.41) is 0. The molecular formula is C17H15NO4. The first-order valence-electron chi connectivity index (χ1n) is 6.56. The molecule has 22 heavy (non-hydrogen) atoms. The van der Waals surface area contributed by atoms with Gasteiger partial charge in [-0.25, -0.2) is 9.59 Å². The molecule has 1 unspecified atom stereocenters. The van der Waals surface area contributed by atoms with Crippen LogP contribution in [0.3, 0.4) is 0 Å². The first-order valence-corrected chi connectivity index (χ1v) is 6.56. The fourth-order valence-corrected chi connectivity index (χ4v) is 2.01. The van der Waals surface area contributed by atoms with Crippen LogP contribution in [0.1, 0.15) is 17.2 Å². The molecule has 1 aromatic rings. The summed E-state index contributed by atoms with van der Waals surface area (Å²) in [6.45, 7) is 0. The Morgan fingerprint density at radius 2 is 2.00 bits per heavy atom. The van der Waals surface area contributed by atoms with Gasteiger partial charge in [0, 0.05) is 24.4 Å². The van der Waals surface area contributed by atoms with Gasteiger partial charge in [0.05, 0.1) is 14.2 Å². The zero-order valence-corrected chi connectivity index (χ0v) is 12.3. The Hall–Kier alpha value is -3.00. The number of ether oxygens (including phenoxy) is 2. The van der Waals surface area contributed by atoms with Crippen LogP contribution in [-0.2, 0) is 19.1 Å². The van der Waals surface area contributed by atoms with E-state index in [0.717, 1.165) is 11.1 Å². The second kappa shape index (κ2) is 7.14. The van der Waals surface area contributed by atoms with Crippen LogP contribution < -0.4 is 0 Å². The standard InChI is InChI=1S/C17H15NO4/c1-21-16(19)8-7-15-14-6-4-3-5-13(14)9-11-18(15)12-10-17(20)22-2/h3-6,9-12,15H,1-2H3/b12-10+. The fourth-order valence-electron chi connectivity index (χ4n) is 2.01. The molecule has 0 aliphatic carbocycles. The molecule has 0 N–H and O–H groups in total. The van der Waals surface area contributed by atoms with E-state index in [1.807, 2.05) is 30.3 Å². The van der Waals surface area contributed by atoms with E-state index in [1.54, 1.807) is 17.3 Å². The van der Waals surface area contributed by atoms with Crippen molar-refractivity contribution in [2.75, 3.05) is 14.2 Å². The Morgan fingerprint density at radius 3 is 2.73 bits per heavy atom. The first-order chi connectivity index (χ1) is 10.7. The Morgan fingerprint density at radius 1 is 1.23 bits per heavy atom. The summed E-state index contributed by atoms with van der Waals surface area (Å²) in [7, 11) is 2.59. The van der Waals surface area contributed by atoms with E-state index >= 15 is 0 Å². The molecule has 0 saturated carbocycles. The van der Waals surface area contributed by atoms with Crippen molar-refractivity contribution >= 4 is 18.0 Å². The van der Waals surface area contributed by atoms with E-state index in [9.17, 15) is 9.59 Å². The SMILES string of the molecule is COC(=O)C#CC1c2ccccc2C=CN1/C=C/C(=O)OC. The highest BCUT2D eigenvalue weighted by Gasteiger charge is 2.20. The van der Waals surface area contributed by atoms with E-state index < -0.39 is 11.9 Å². The maximum atomic E-state index is 11.3. The van der Waals surface area contributed by atoms with Crippen molar-refractivity contribution < 1.29 is 19.1 Å². The van der Waals surface area contributed by atoms with Gasteiger partial charge in [0.2, 0.25) is 0 Å². The average Bonchev–Trinajstić information content (AvgIpc) is 2.57. The molecule has 1 aliphatic heterocycles. The van der Waals surface area contributed by atoms with E-state index in [4.69, 9.17) is 0 Å². The number of methoxy groups -OCH3 is 2. The monoisotopic (exact) mass is 297 g/mol. The Labute approximate surface area is 128 Å². The van der Waals surface area contributed by atoms with Gasteiger partial charge in [0.15, 0.2) is 0 Å². The highest BCUT2D eigenvalue weighted by Crippen LogP contribution is 2.29. The van der Waals surface area contributed by atoms with Crippen LogP contribution in [-0.4, -0.2) is 31.1 Å². The summed E-state index contributed by atoms with van der Waals surface area (Å²) in [5.74, 6) is 4.23. The topological polar surface area (TPSA) is 55.8 Å². The molecule has 1 aromatic carbocycles. The van der Waals surface area contributed by atoms with Gasteiger partial charge in [-0.2, -0.15) is 0 Å². The van der Waals surface area contributed by atoms with Gasteiger partial charge in [0.1, 0.15) is 6.04 Å². The van der Waals surface area contributed by atoms with Gasteiger partial charge in [0.25, 0.3) is 0 Å². The van der Waals surface area contributed by atoms with Crippen LogP contribution in [0.25, 0.3) is 6.08 Å². The Bertz CT molecular complexity index is 694. The van der Waals surface area contributed by atoms with Crippen LogP contribution in [0, 0.1) is 11.8 Å². The van der Waals surface area contributed by atoms with E-state index in [0.29, 0.717) is 0 Å². The minimum atomic E-state index is -0.607. The molecule has 0 spiro atoms. The van der Waals surface area contributed by atoms with Crippen LogP contribution in [0.5, 0.6) is 0 Å². The van der Waals surface area contributed by atoms with Crippen molar-refractivity contribution in [3.8, 4) is 11.8 Å². The highest BCUT2D eigenvalue weighted by molar-refractivity contribution is 5.88. The normalized spacial score (nSPS) is 15.7. The van der Waals surface area contributed by atoms with Gasteiger partial charge < -0.3 is 14.4 Å². The molecule has 5 nitrogen and oxygen atoms in total. The van der Waals surface area contributed by atoms with E-state index in [2.05, 4.69) is 21.3 Å². The average molecular weight is 297 g/mol. The largest absolute Gasteiger partial charge is 0.466 e. The van der Waals surface area contributed by atoms with Crippen LogP contribution >= 0.6 is 0 Å². The van der Waals surface area contributed by atoms with Gasteiger partial charge in [-0.15, -0.1) is 0 Å². The quantitative estimate of drug-likeness (QED) is 0.361. The second-order valence-corrected chi connectivity index (χ2v) is 4.39. The van der Waals surface area contributed by atoms with Crippen molar-refractivity contribution in [3.05, 3.63) is 53.9 Å². The molecule has 1 aliphatic rings. The van der Waals surface area contributed by atoms with Gasteiger partial charge in [-0.05, 0) is 17.2 Å². The number of nitrogens with zero attached hydrogens (tertiary/aromatic N) is 1. The van der Waals surface area contributed by atoms with Crippen molar-refractivity contribution in [1.82, 2.24) is 4.90 Å². The lowest BCUT2D eigenvalue weighted by molar-refractivity contribution is -0.135. The third-order valence-corrected chi connectivity index (χ3v) is 3.10.